The lowest BCUT2D eigenvalue weighted by molar-refractivity contribution is 0.174. The number of halogens is 1. The third-order valence-electron chi connectivity index (χ3n) is 9.44. The zero-order valence-corrected chi connectivity index (χ0v) is 27.5. The summed E-state index contributed by atoms with van der Waals surface area (Å²) < 4.78 is 19.9. The number of ether oxygens (including phenoxy) is 2. The highest BCUT2D eigenvalue weighted by molar-refractivity contribution is 6.31. The van der Waals surface area contributed by atoms with Crippen molar-refractivity contribution in [3.8, 4) is 40.3 Å². The highest BCUT2D eigenvalue weighted by atomic mass is 35.5. The lowest BCUT2D eigenvalue weighted by Crippen LogP contribution is -2.22. The molecule has 2 aromatic carbocycles. The first-order chi connectivity index (χ1) is 23.3. The van der Waals surface area contributed by atoms with E-state index in [9.17, 15) is 15.5 Å². The Balaban J connectivity index is 1.19. The van der Waals surface area contributed by atoms with Crippen LogP contribution in [0.5, 0.6) is 11.8 Å². The number of aromatic nitrogens is 2. The summed E-state index contributed by atoms with van der Waals surface area (Å²) in [6.07, 6.45) is 3.33. The molecule has 0 unspecified atom stereocenters. The molecule has 0 radical (unpaired) electrons. The van der Waals surface area contributed by atoms with Crippen molar-refractivity contribution < 1.29 is 24.1 Å². The lowest BCUT2D eigenvalue weighted by Gasteiger charge is -2.20. The molecule has 1 aliphatic carbocycles. The number of furan rings is 1. The Morgan fingerprint density at radius 1 is 1.12 bits per heavy atom. The van der Waals surface area contributed by atoms with Gasteiger partial charge in [-0.2, -0.15) is 10.2 Å². The molecule has 1 aliphatic heterocycles. The minimum Gasteiger partial charge on any atom is -0.481 e. The maximum Gasteiger partial charge on any atom is 0.236 e. The largest absolute Gasteiger partial charge is 0.481 e. The van der Waals surface area contributed by atoms with Gasteiger partial charge in [0.15, 0.2) is 5.58 Å². The Hall–Kier alpha value is -4.66. The number of hydrogen-bond donors (Lipinski definition) is 3. The minimum absolute atomic E-state index is 0.137. The number of benzene rings is 2. The molecule has 2 atom stereocenters. The molecule has 11 heteroatoms. The van der Waals surface area contributed by atoms with Crippen LogP contribution in [0.25, 0.3) is 33.4 Å². The predicted molar refractivity (Wildman–Crippen MR) is 181 cm³/mol. The molecule has 2 aliphatic rings. The van der Waals surface area contributed by atoms with E-state index in [1.807, 2.05) is 30.3 Å². The average Bonchev–Trinajstić information content (AvgIpc) is 3.83. The number of nitriles is 1. The third kappa shape index (κ3) is 5.73. The topological polar surface area (TPSA) is 141 Å². The third-order valence-corrected chi connectivity index (χ3v) is 9.71. The quantitative estimate of drug-likeness (QED) is 0.177. The van der Waals surface area contributed by atoms with Crippen LogP contribution in [0.1, 0.15) is 46.8 Å². The molecule has 0 saturated carbocycles. The fourth-order valence-electron chi connectivity index (χ4n) is 7.08. The Morgan fingerprint density at radius 2 is 1.92 bits per heavy atom. The first-order valence-corrected chi connectivity index (χ1v) is 16.4. The number of nitrogens with zero attached hydrogens (tertiary/aromatic N) is 4. The van der Waals surface area contributed by atoms with E-state index in [0.29, 0.717) is 52.2 Å². The zero-order valence-electron chi connectivity index (χ0n) is 26.8. The standard InChI is InChI=1S/C37H36ClN5O5/c1-21-25(5-3-6-26(21)33-16-30-34(47-33)23(17-39)19-43(13-14-44)35(30)40)27-7-4-8-29-28(27)9-10-32(29)48-37-31(38)15-22(36(41-37)46-2)18-42-12-11-24(45)20-42/h3-8,15-16,19,24,32,40,44-45H,9-14,18,20H2,1-2H3/t24-,32+/m1/s1. The zero-order chi connectivity index (χ0) is 33.5. The number of nitrogens with one attached hydrogen (secondary N) is 1. The highest BCUT2D eigenvalue weighted by Gasteiger charge is 2.29. The number of likely N-dealkylation sites (tertiary alicyclic amines) is 1. The molecule has 10 nitrogen and oxygen atoms in total. The van der Waals surface area contributed by atoms with Crippen molar-refractivity contribution >= 4 is 22.6 Å². The molecule has 1 fully saturated rings. The molecule has 0 bridgehead atoms. The number of β-amino-alcohol motifs (C(OH)–C–C–N with tert-alkyl or cyclic N) is 1. The number of methoxy groups -OCH3 is 1. The molecule has 3 N–H and O–H groups in total. The van der Waals surface area contributed by atoms with Gasteiger partial charge in [-0.05, 0) is 66.1 Å². The molecule has 3 aromatic heterocycles. The Bertz CT molecular complexity index is 2130. The summed E-state index contributed by atoms with van der Waals surface area (Å²) in [5.74, 6) is 1.36. The van der Waals surface area contributed by atoms with E-state index >= 15 is 0 Å². The van der Waals surface area contributed by atoms with Crippen LogP contribution >= 0.6 is 11.6 Å². The number of pyridine rings is 2. The van der Waals surface area contributed by atoms with Crippen molar-refractivity contribution in [1.29, 1.82) is 10.7 Å². The summed E-state index contributed by atoms with van der Waals surface area (Å²) >= 11 is 6.72. The molecule has 48 heavy (non-hydrogen) atoms. The highest BCUT2D eigenvalue weighted by Crippen LogP contribution is 2.43. The molecule has 7 rings (SSSR count). The summed E-state index contributed by atoms with van der Waals surface area (Å²) in [5, 5.41) is 38.7. The maximum atomic E-state index is 9.93. The molecule has 4 heterocycles. The minimum atomic E-state index is -0.314. The van der Waals surface area contributed by atoms with Crippen LogP contribution in [-0.2, 0) is 19.5 Å². The average molecular weight is 666 g/mol. The van der Waals surface area contributed by atoms with Gasteiger partial charge in [-0.1, -0.05) is 48.0 Å². The van der Waals surface area contributed by atoms with Gasteiger partial charge in [-0.25, -0.2) is 0 Å². The number of fused-ring (bicyclic) bond motifs is 2. The van der Waals surface area contributed by atoms with Gasteiger partial charge in [0, 0.05) is 43.5 Å². The molecule has 5 aromatic rings. The van der Waals surface area contributed by atoms with E-state index in [1.54, 1.807) is 17.9 Å². The molecule has 1 saturated heterocycles. The normalized spacial score (nSPS) is 17.5. The molecule has 0 amide bonds. The second-order valence-electron chi connectivity index (χ2n) is 12.4. The van der Waals surface area contributed by atoms with Gasteiger partial charge in [-0.15, -0.1) is 0 Å². The van der Waals surface area contributed by atoms with Crippen LogP contribution in [-0.4, -0.2) is 57.6 Å². The van der Waals surface area contributed by atoms with Crippen molar-refractivity contribution in [2.45, 2.75) is 51.5 Å². The summed E-state index contributed by atoms with van der Waals surface area (Å²) in [4.78, 5) is 6.81. The first kappa shape index (κ1) is 31.9. The number of rotatable bonds is 9. The monoisotopic (exact) mass is 665 g/mol. The van der Waals surface area contributed by atoms with Gasteiger partial charge in [0.2, 0.25) is 11.8 Å². The fraction of sp³-hybridized carbons (Fsp3) is 0.324. The Labute approximate surface area is 282 Å². The molecular weight excluding hydrogens is 630 g/mol. The first-order valence-electron chi connectivity index (χ1n) is 16.0. The van der Waals surface area contributed by atoms with Crippen molar-refractivity contribution in [3.63, 3.8) is 0 Å². The van der Waals surface area contributed by atoms with Crippen molar-refractivity contribution in [2.24, 2.45) is 0 Å². The van der Waals surface area contributed by atoms with E-state index < -0.39 is 0 Å². The van der Waals surface area contributed by atoms with E-state index in [4.69, 9.17) is 30.9 Å². The Morgan fingerprint density at radius 3 is 2.67 bits per heavy atom. The summed E-state index contributed by atoms with van der Waals surface area (Å²) in [5.41, 5.74) is 8.04. The number of hydrogen-bond acceptors (Lipinski definition) is 9. The van der Waals surface area contributed by atoms with Crippen molar-refractivity contribution in [2.75, 3.05) is 26.8 Å². The van der Waals surface area contributed by atoms with E-state index in [2.05, 4.69) is 41.1 Å². The van der Waals surface area contributed by atoms with E-state index in [-0.39, 0.29) is 30.8 Å². The molecule has 0 spiro atoms. The van der Waals surface area contributed by atoms with E-state index in [0.717, 1.165) is 59.2 Å². The van der Waals surface area contributed by atoms with Crippen LogP contribution in [0.3, 0.4) is 0 Å². The SMILES string of the molecule is COc1nc(O[C@H]2CCc3c(-c4cccc(-c5cc6c(=N)n(CCO)cc(C#N)c6o5)c4C)cccc32)c(Cl)cc1CN1CC[C@@H](O)C1. The maximum absolute atomic E-state index is 9.93. The summed E-state index contributed by atoms with van der Waals surface area (Å²) in [7, 11) is 1.59. The smallest absolute Gasteiger partial charge is 0.236 e. The van der Waals surface area contributed by atoms with Gasteiger partial charge in [-0.3, -0.25) is 10.3 Å². The summed E-state index contributed by atoms with van der Waals surface area (Å²) in [6.45, 7) is 4.14. The van der Waals surface area contributed by atoms with Crippen molar-refractivity contribution in [3.05, 3.63) is 93.1 Å². The van der Waals surface area contributed by atoms with Gasteiger partial charge in [0.25, 0.3) is 0 Å². The molecular formula is C37H36ClN5O5. The second kappa shape index (κ2) is 13.1. The van der Waals surface area contributed by atoms with Crippen LogP contribution in [0, 0.1) is 23.7 Å². The van der Waals surface area contributed by atoms with E-state index in [1.165, 1.54) is 5.56 Å². The Kier molecular flexibility index (Phi) is 8.71. The van der Waals surface area contributed by atoms with Crippen molar-refractivity contribution in [1.82, 2.24) is 14.5 Å². The predicted octanol–water partition coefficient (Wildman–Crippen LogP) is 5.91. The second-order valence-corrected chi connectivity index (χ2v) is 12.8. The van der Waals surface area contributed by atoms with Crippen LogP contribution in [0.15, 0.2) is 59.1 Å². The lowest BCUT2D eigenvalue weighted by atomic mass is 9.91. The number of aliphatic hydroxyl groups is 2. The van der Waals surface area contributed by atoms with Gasteiger partial charge >= 0.3 is 0 Å². The number of aliphatic hydroxyl groups excluding tert-OH is 2. The summed E-state index contributed by atoms with van der Waals surface area (Å²) in [6, 6.07) is 18.2. The van der Waals surface area contributed by atoms with Gasteiger partial charge in [0.05, 0.1) is 25.2 Å². The van der Waals surface area contributed by atoms with Crippen LogP contribution in [0.2, 0.25) is 5.02 Å². The van der Waals surface area contributed by atoms with Crippen LogP contribution in [0.4, 0.5) is 0 Å². The van der Waals surface area contributed by atoms with Gasteiger partial charge in [0.1, 0.15) is 34.0 Å². The van der Waals surface area contributed by atoms with Gasteiger partial charge < -0.3 is 28.7 Å². The molecule has 246 valence electrons. The van der Waals surface area contributed by atoms with Crippen LogP contribution < -0.4 is 15.0 Å². The fourth-order valence-corrected chi connectivity index (χ4v) is 7.30.